The Bertz CT molecular complexity index is 799. The van der Waals surface area contributed by atoms with Crippen LogP contribution < -0.4 is 9.62 Å². The van der Waals surface area contributed by atoms with Gasteiger partial charge in [-0.05, 0) is 25.5 Å². The standard InChI is InChI=1S/C15H19N3O4S/c1-11-6-4-5-7-13(11)18(23(3,20)21)9-8-15(19)16-14-10-12(2)22-17-14/h4-7,10H,8-9H2,1-3H3,(H,16,17,19). The first-order chi connectivity index (χ1) is 10.8. The smallest absolute Gasteiger partial charge is 0.232 e. The second-order valence-corrected chi connectivity index (χ2v) is 7.15. The van der Waals surface area contributed by atoms with Gasteiger partial charge in [0.15, 0.2) is 5.82 Å². The van der Waals surface area contributed by atoms with Crippen LogP contribution in [-0.4, -0.2) is 32.3 Å². The number of anilines is 2. The molecule has 1 N–H and O–H groups in total. The number of rotatable bonds is 6. The van der Waals surface area contributed by atoms with Crippen molar-refractivity contribution >= 4 is 27.4 Å². The second-order valence-electron chi connectivity index (χ2n) is 5.24. The lowest BCUT2D eigenvalue weighted by atomic mass is 10.2. The van der Waals surface area contributed by atoms with E-state index in [-0.39, 0.29) is 18.9 Å². The van der Waals surface area contributed by atoms with Crippen molar-refractivity contribution in [2.75, 3.05) is 22.4 Å². The maximum absolute atomic E-state index is 12.0. The zero-order valence-corrected chi connectivity index (χ0v) is 14.1. The molecule has 0 atom stereocenters. The molecule has 0 aliphatic heterocycles. The van der Waals surface area contributed by atoms with E-state index >= 15 is 0 Å². The highest BCUT2D eigenvalue weighted by Crippen LogP contribution is 2.22. The number of aryl methyl sites for hydroxylation is 2. The van der Waals surface area contributed by atoms with Gasteiger partial charge in [0.25, 0.3) is 0 Å². The Balaban J connectivity index is 2.08. The molecule has 0 aliphatic carbocycles. The van der Waals surface area contributed by atoms with Gasteiger partial charge in [-0.2, -0.15) is 0 Å². The molecule has 0 aliphatic rings. The summed E-state index contributed by atoms with van der Waals surface area (Å²) in [4.78, 5) is 12.0. The summed E-state index contributed by atoms with van der Waals surface area (Å²) in [6.45, 7) is 3.59. The van der Waals surface area contributed by atoms with Crippen molar-refractivity contribution in [2.45, 2.75) is 20.3 Å². The van der Waals surface area contributed by atoms with Gasteiger partial charge in [-0.1, -0.05) is 23.4 Å². The summed E-state index contributed by atoms with van der Waals surface area (Å²) < 4.78 is 30.1. The highest BCUT2D eigenvalue weighted by molar-refractivity contribution is 7.92. The number of carbonyl (C=O) groups is 1. The number of benzene rings is 1. The van der Waals surface area contributed by atoms with Crippen LogP contribution in [-0.2, 0) is 14.8 Å². The average Bonchev–Trinajstić information content (AvgIpc) is 2.84. The Morgan fingerprint density at radius 3 is 2.57 bits per heavy atom. The zero-order chi connectivity index (χ0) is 17.0. The third-order valence-electron chi connectivity index (χ3n) is 3.22. The lowest BCUT2D eigenvalue weighted by molar-refractivity contribution is -0.116. The van der Waals surface area contributed by atoms with Crippen LogP contribution in [0.3, 0.4) is 0 Å². The number of amides is 1. The summed E-state index contributed by atoms with van der Waals surface area (Å²) >= 11 is 0. The number of sulfonamides is 1. The maximum Gasteiger partial charge on any atom is 0.232 e. The monoisotopic (exact) mass is 337 g/mol. The van der Waals surface area contributed by atoms with E-state index in [9.17, 15) is 13.2 Å². The molecule has 1 aromatic heterocycles. The Hall–Kier alpha value is -2.35. The Morgan fingerprint density at radius 2 is 2.00 bits per heavy atom. The summed E-state index contributed by atoms with van der Waals surface area (Å²) in [6.07, 6.45) is 1.13. The van der Waals surface area contributed by atoms with Crippen LogP contribution in [0, 0.1) is 13.8 Å². The normalized spacial score (nSPS) is 11.3. The first-order valence-corrected chi connectivity index (χ1v) is 8.88. The lowest BCUT2D eigenvalue weighted by Crippen LogP contribution is -2.33. The van der Waals surface area contributed by atoms with Crippen LogP contribution in [0.4, 0.5) is 11.5 Å². The molecule has 2 rings (SSSR count). The van der Waals surface area contributed by atoms with Gasteiger partial charge in [-0.3, -0.25) is 9.10 Å². The van der Waals surface area contributed by atoms with Crippen molar-refractivity contribution in [2.24, 2.45) is 0 Å². The highest BCUT2D eigenvalue weighted by Gasteiger charge is 2.20. The largest absolute Gasteiger partial charge is 0.360 e. The third-order valence-corrected chi connectivity index (χ3v) is 4.40. The van der Waals surface area contributed by atoms with E-state index in [1.54, 1.807) is 25.1 Å². The number of carbonyl (C=O) groups excluding carboxylic acids is 1. The molecule has 124 valence electrons. The van der Waals surface area contributed by atoms with Gasteiger partial charge >= 0.3 is 0 Å². The number of nitrogens with one attached hydrogen (secondary N) is 1. The lowest BCUT2D eigenvalue weighted by Gasteiger charge is -2.23. The molecule has 8 heteroatoms. The summed E-state index contributed by atoms with van der Waals surface area (Å²) in [5.41, 5.74) is 1.39. The molecule has 0 radical (unpaired) electrons. The van der Waals surface area contributed by atoms with Gasteiger partial charge in [0.2, 0.25) is 15.9 Å². The van der Waals surface area contributed by atoms with Gasteiger partial charge in [0.05, 0.1) is 11.9 Å². The molecule has 1 amide bonds. The molecule has 23 heavy (non-hydrogen) atoms. The quantitative estimate of drug-likeness (QED) is 0.871. The molecular weight excluding hydrogens is 318 g/mol. The number of nitrogens with zero attached hydrogens (tertiary/aromatic N) is 2. The number of para-hydroxylation sites is 1. The zero-order valence-electron chi connectivity index (χ0n) is 13.2. The molecule has 0 spiro atoms. The Morgan fingerprint density at radius 1 is 1.30 bits per heavy atom. The van der Waals surface area contributed by atoms with Gasteiger partial charge < -0.3 is 9.84 Å². The Labute approximate surface area is 135 Å². The van der Waals surface area contributed by atoms with Gasteiger partial charge in [-0.25, -0.2) is 8.42 Å². The van der Waals surface area contributed by atoms with Gasteiger partial charge in [0.1, 0.15) is 5.76 Å². The summed E-state index contributed by atoms with van der Waals surface area (Å²) in [6, 6.07) is 8.73. The third kappa shape index (κ3) is 4.56. The highest BCUT2D eigenvalue weighted by atomic mass is 32.2. The maximum atomic E-state index is 12.0. The van der Waals surface area contributed by atoms with Crippen LogP contribution in [0.15, 0.2) is 34.9 Å². The Kier molecular flexibility index (Phi) is 5.05. The molecule has 0 unspecified atom stereocenters. The number of hydrogen-bond acceptors (Lipinski definition) is 5. The summed E-state index contributed by atoms with van der Waals surface area (Å²) in [7, 11) is -3.49. The fraction of sp³-hybridized carbons (Fsp3) is 0.333. The van der Waals surface area contributed by atoms with Gasteiger partial charge in [0, 0.05) is 19.0 Å². The van der Waals surface area contributed by atoms with Crippen LogP contribution in [0.2, 0.25) is 0 Å². The van der Waals surface area contributed by atoms with E-state index < -0.39 is 10.0 Å². The van der Waals surface area contributed by atoms with E-state index in [4.69, 9.17) is 4.52 Å². The fourth-order valence-electron chi connectivity index (χ4n) is 2.14. The molecule has 0 saturated heterocycles. The van der Waals surface area contributed by atoms with Crippen molar-refractivity contribution in [1.82, 2.24) is 5.16 Å². The number of aromatic nitrogens is 1. The van der Waals surface area contributed by atoms with E-state index in [0.717, 1.165) is 11.8 Å². The van der Waals surface area contributed by atoms with Crippen LogP contribution in [0.5, 0.6) is 0 Å². The van der Waals surface area contributed by atoms with Crippen LogP contribution in [0.25, 0.3) is 0 Å². The molecule has 1 aromatic carbocycles. The van der Waals surface area contributed by atoms with Crippen LogP contribution >= 0.6 is 0 Å². The molecular formula is C15H19N3O4S. The minimum atomic E-state index is -3.49. The SMILES string of the molecule is Cc1cc(NC(=O)CCN(c2ccccc2C)S(C)(=O)=O)no1. The predicted molar refractivity (Wildman–Crippen MR) is 87.9 cm³/mol. The van der Waals surface area contributed by atoms with E-state index in [2.05, 4.69) is 10.5 Å². The van der Waals surface area contributed by atoms with E-state index in [0.29, 0.717) is 17.3 Å². The average molecular weight is 337 g/mol. The molecule has 2 aromatic rings. The topological polar surface area (TPSA) is 92.5 Å². The summed E-state index contributed by atoms with van der Waals surface area (Å²) in [5, 5.41) is 6.24. The summed E-state index contributed by atoms with van der Waals surface area (Å²) in [5.74, 6) is 0.563. The first kappa shape index (κ1) is 17.0. The van der Waals surface area contributed by atoms with E-state index in [1.165, 1.54) is 4.31 Å². The van der Waals surface area contributed by atoms with Crippen LogP contribution in [0.1, 0.15) is 17.7 Å². The molecule has 0 bridgehead atoms. The molecule has 0 saturated carbocycles. The fourth-order valence-corrected chi connectivity index (χ4v) is 3.13. The second kappa shape index (κ2) is 6.82. The molecule has 1 heterocycles. The number of hydrogen-bond donors (Lipinski definition) is 1. The first-order valence-electron chi connectivity index (χ1n) is 7.04. The van der Waals surface area contributed by atoms with Crippen molar-refractivity contribution in [3.05, 3.63) is 41.7 Å². The van der Waals surface area contributed by atoms with Crippen molar-refractivity contribution in [1.29, 1.82) is 0 Å². The van der Waals surface area contributed by atoms with Crippen molar-refractivity contribution in [3.8, 4) is 0 Å². The molecule has 0 fully saturated rings. The van der Waals surface area contributed by atoms with E-state index in [1.807, 2.05) is 19.1 Å². The molecule has 7 nitrogen and oxygen atoms in total. The predicted octanol–water partition coefficient (Wildman–Crippen LogP) is 2.09. The van der Waals surface area contributed by atoms with Crippen molar-refractivity contribution < 1.29 is 17.7 Å². The van der Waals surface area contributed by atoms with Crippen molar-refractivity contribution in [3.63, 3.8) is 0 Å². The van der Waals surface area contributed by atoms with Gasteiger partial charge in [-0.15, -0.1) is 0 Å². The minimum Gasteiger partial charge on any atom is -0.360 e. The minimum absolute atomic E-state index is 0.00725.